The van der Waals surface area contributed by atoms with E-state index in [-0.39, 0.29) is 24.5 Å². The van der Waals surface area contributed by atoms with E-state index in [1.807, 2.05) is 0 Å². The molecule has 3 rings (SSSR count). The predicted octanol–water partition coefficient (Wildman–Crippen LogP) is 4.27. The van der Waals surface area contributed by atoms with E-state index in [0.29, 0.717) is 37.4 Å². The molecule has 0 aromatic heterocycles. The molecule has 0 N–H and O–H groups in total. The number of allylic oxidation sites excluding steroid dienone is 2. The van der Waals surface area contributed by atoms with Gasteiger partial charge in [0.1, 0.15) is 0 Å². The lowest BCUT2D eigenvalue weighted by atomic mass is 9.85. The van der Waals surface area contributed by atoms with Gasteiger partial charge in [-0.15, -0.1) is 0 Å². The van der Waals surface area contributed by atoms with Crippen LogP contribution in [-0.2, 0) is 28.5 Å². The first kappa shape index (κ1) is 23.7. The zero-order valence-corrected chi connectivity index (χ0v) is 19.0. The number of fused-ring (bicyclic) bond motifs is 1. The Morgan fingerprint density at radius 2 is 2.10 bits per heavy atom. The van der Waals surface area contributed by atoms with Crippen molar-refractivity contribution in [3.8, 4) is 0 Å². The average molecular weight is 425 g/mol. The van der Waals surface area contributed by atoms with E-state index in [1.165, 1.54) is 19.1 Å². The summed E-state index contributed by atoms with van der Waals surface area (Å²) in [6.07, 6.45) is 11.8. The maximum atomic E-state index is 11.3. The van der Waals surface area contributed by atoms with E-state index in [9.17, 15) is 4.79 Å². The second kappa shape index (κ2) is 12.2. The topological polar surface area (TPSA) is 63.2 Å². The van der Waals surface area contributed by atoms with E-state index in [0.717, 1.165) is 51.6 Å². The molecule has 2 fully saturated rings. The van der Waals surface area contributed by atoms with Gasteiger partial charge < -0.3 is 23.7 Å². The van der Waals surface area contributed by atoms with E-state index in [1.54, 1.807) is 7.11 Å². The molecule has 1 heterocycles. The molecule has 3 aliphatic rings. The summed E-state index contributed by atoms with van der Waals surface area (Å²) >= 11 is 0. The van der Waals surface area contributed by atoms with Crippen molar-refractivity contribution in [3.63, 3.8) is 0 Å². The van der Waals surface area contributed by atoms with Crippen LogP contribution in [0.2, 0.25) is 0 Å². The Labute approximate surface area is 181 Å². The van der Waals surface area contributed by atoms with Gasteiger partial charge in [-0.3, -0.25) is 4.79 Å². The van der Waals surface area contributed by atoms with Gasteiger partial charge in [-0.2, -0.15) is 0 Å². The highest BCUT2D eigenvalue weighted by Gasteiger charge is 2.49. The van der Waals surface area contributed by atoms with Crippen LogP contribution in [0.3, 0.4) is 0 Å². The maximum Gasteiger partial charge on any atom is 0.305 e. The lowest BCUT2D eigenvalue weighted by Gasteiger charge is -2.33. The minimum atomic E-state index is -0.112. The third-order valence-electron chi connectivity index (χ3n) is 6.96. The Morgan fingerprint density at radius 1 is 1.23 bits per heavy atom. The zero-order valence-electron chi connectivity index (χ0n) is 19.0. The molecule has 0 amide bonds. The van der Waals surface area contributed by atoms with Gasteiger partial charge in [0.2, 0.25) is 0 Å². The minimum Gasteiger partial charge on any atom is -0.469 e. The minimum absolute atomic E-state index is 0.0574. The molecule has 1 aliphatic heterocycles. The Balaban J connectivity index is 1.55. The van der Waals surface area contributed by atoms with Gasteiger partial charge in [0.05, 0.1) is 32.5 Å². The number of ether oxygens (including phenoxy) is 5. The third kappa shape index (κ3) is 6.52. The van der Waals surface area contributed by atoms with Crippen LogP contribution in [0.1, 0.15) is 64.7 Å². The van der Waals surface area contributed by atoms with Gasteiger partial charge in [-0.1, -0.05) is 11.6 Å². The molecular formula is C24H40O6. The summed E-state index contributed by atoms with van der Waals surface area (Å²) in [7, 11) is 3.16. The number of esters is 1. The van der Waals surface area contributed by atoms with E-state index >= 15 is 0 Å². The number of carbonyl (C=O) groups excluding carboxylic acids is 1. The summed E-state index contributed by atoms with van der Waals surface area (Å²) in [4.78, 5) is 11.3. The molecule has 6 heteroatoms. The molecule has 6 unspecified atom stereocenters. The monoisotopic (exact) mass is 424 g/mol. The largest absolute Gasteiger partial charge is 0.469 e. The van der Waals surface area contributed by atoms with E-state index in [4.69, 9.17) is 23.7 Å². The molecule has 6 atom stereocenters. The summed E-state index contributed by atoms with van der Waals surface area (Å²) in [5.41, 5.74) is 1.54. The first-order chi connectivity index (χ1) is 14.6. The van der Waals surface area contributed by atoms with Crippen LogP contribution in [0.4, 0.5) is 0 Å². The zero-order chi connectivity index (χ0) is 21.3. The lowest BCUT2D eigenvalue weighted by molar-refractivity contribution is -0.204. The Kier molecular flexibility index (Phi) is 9.63. The summed E-state index contributed by atoms with van der Waals surface area (Å²) in [6.45, 7) is 4.23. The summed E-state index contributed by atoms with van der Waals surface area (Å²) in [5.74, 6) is 1.40. The molecule has 2 aliphatic carbocycles. The summed E-state index contributed by atoms with van der Waals surface area (Å²) in [5, 5.41) is 0. The van der Waals surface area contributed by atoms with Gasteiger partial charge in [0.25, 0.3) is 0 Å². The SMILES string of the molecule is COCCOC(C)C1C(OC2CCCCO2)CC2C=C(CCCCC(=O)OC)CC21. The molecule has 6 nitrogen and oxygen atoms in total. The molecular weight excluding hydrogens is 384 g/mol. The van der Waals surface area contributed by atoms with Crippen molar-refractivity contribution in [2.24, 2.45) is 17.8 Å². The molecule has 0 radical (unpaired) electrons. The molecule has 1 saturated carbocycles. The highest BCUT2D eigenvalue weighted by Crippen LogP contribution is 2.50. The van der Waals surface area contributed by atoms with Crippen LogP contribution in [-0.4, -0.2) is 58.5 Å². The van der Waals surface area contributed by atoms with Crippen molar-refractivity contribution in [2.75, 3.05) is 34.0 Å². The predicted molar refractivity (Wildman–Crippen MR) is 114 cm³/mol. The van der Waals surface area contributed by atoms with Gasteiger partial charge >= 0.3 is 5.97 Å². The number of hydrogen-bond acceptors (Lipinski definition) is 6. The third-order valence-corrected chi connectivity index (χ3v) is 6.96. The van der Waals surface area contributed by atoms with Crippen molar-refractivity contribution in [1.82, 2.24) is 0 Å². The van der Waals surface area contributed by atoms with Gasteiger partial charge in [0.15, 0.2) is 6.29 Å². The second-order valence-corrected chi connectivity index (χ2v) is 8.99. The lowest BCUT2D eigenvalue weighted by Crippen LogP contribution is -2.37. The van der Waals surface area contributed by atoms with Crippen LogP contribution in [0.25, 0.3) is 0 Å². The van der Waals surface area contributed by atoms with Crippen LogP contribution in [0.15, 0.2) is 11.6 Å². The van der Waals surface area contributed by atoms with Gasteiger partial charge in [-0.25, -0.2) is 0 Å². The highest BCUT2D eigenvalue weighted by molar-refractivity contribution is 5.68. The Morgan fingerprint density at radius 3 is 2.83 bits per heavy atom. The Hall–Kier alpha value is -0.950. The number of carbonyl (C=O) groups is 1. The second-order valence-electron chi connectivity index (χ2n) is 8.99. The number of hydrogen-bond donors (Lipinski definition) is 0. The number of methoxy groups -OCH3 is 2. The maximum absolute atomic E-state index is 11.3. The first-order valence-electron chi connectivity index (χ1n) is 11.8. The molecule has 0 aromatic carbocycles. The van der Waals surface area contributed by atoms with Gasteiger partial charge in [0, 0.05) is 26.1 Å². The fourth-order valence-electron chi connectivity index (χ4n) is 5.46. The molecule has 1 saturated heterocycles. The summed E-state index contributed by atoms with van der Waals surface area (Å²) < 4.78 is 28.4. The van der Waals surface area contributed by atoms with Crippen LogP contribution >= 0.6 is 0 Å². The molecule has 0 spiro atoms. The highest BCUT2D eigenvalue weighted by atomic mass is 16.7. The van der Waals surface area contributed by atoms with E-state index < -0.39 is 0 Å². The van der Waals surface area contributed by atoms with Crippen LogP contribution in [0.5, 0.6) is 0 Å². The fourth-order valence-corrected chi connectivity index (χ4v) is 5.46. The van der Waals surface area contributed by atoms with Crippen molar-refractivity contribution in [1.29, 1.82) is 0 Å². The molecule has 0 aromatic rings. The standard InChI is InChI=1S/C24H40O6/c1-17(28-13-12-26-2)24-20-15-18(8-4-5-9-22(25)27-3)14-19(20)16-21(24)30-23-10-6-7-11-29-23/h14,17,19-21,23-24H,4-13,15-16H2,1-3H3. The summed E-state index contributed by atoms with van der Waals surface area (Å²) in [6, 6.07) is 0. The average Bonchev–Trinajstić information content (AvgIpc) is 3.28. The smallest absolute Gasteiger partial charge is 0.305 e. The quantitative estimate of drug-likeness (QED) is 0.265. The van der Waals surface area contributed by atoms with Crippen LogP contribution < -0.4 is 0 Å². The van der Waals surface area contributed by atoms with Crippen LogP contribution in [0, 0.1) is 17.8 Å². The van der Waals surface area contributed by atoms with Gasteiger partial charge in [-0.05, 0) is 70.1 Å². The number of rotatable bonds is 12. The molecule has 172 valence electrons. The molecule has 0 bridgehead atoms. The molecule has 30 heavy (non-hydrogen) atoms. The van der Waals surface area contributed by atoms with Crippen molar-refractivity contribution >= 4 is 5.97 Å². The van der Waals surface area contributed by atoms with Crippen molar-refractivity contribution < 1.29 is 28.5 Å². The first-order valence-corrected chi connectivity index (χ1v) is 11.8. The normalized spacial score (nSPS) is 32.0. The Bertz CT molecular complexity index is 556. The van der Waals surface area contributed by atoms with Crippen molar-refractivity contribution in [2.45, 2.75) is 83.2 Å². The van der Waals surface area contributed by atoms with Crippen molar-refractivity contribution in [3.05, 3.63) is 11.6 Å². The number of unbranched alkanes of at least 4 members (excludes halogenated alkanes) is 1. The van der Waals surface area contributed by atoms with E-state index in [2.05, 4.69) is 13.0 Å². The fraction of sp³-hybridized carbons (Fsp3) is 0.875.